The van der Waals surface area contributed by atoms with Crippen molar-refractivity contribution < 1.29 is 19.1 Å². The number of fused-ring (bicyclic) bond motifs is 1. The Hall–Kier alpha value is -1.01. The van der Waals surface area contributed by atoms with Gasteiger partial charge in [-0.1, -0.05) is 0 Å². The Morgan fingerprint density at radius 2 is 2.35 bits per heavy atom. The van der Waals surface area contributed by atoms with Crippen LogP contribution >= 0.6 is 11.8 Å². The van der Waals surface area contributed by atoms with E-state index in [1.807, 2.05) is 6.26 Å². The minimum atomic E-state index is -0.863. The van der Waals surface area contributed by atoms with Crippen LogP contribution < -0.4 is 0 Å². The van der Waals surface area contributed by atoms with Gasteiger partial charge >= 0.3 is 5.97 Å². The lowest BCUT2D eigenvalue weighted by molar-refractivity contribution is -0.174. The summed E-state index contributed by atoms with van der Waals surface area (Å²) in [7, 11) is 1.39. The third kappa shape index (κ3) is 1.09. The van der Waals surface area contributed by atoms with E-state index >= 15 is 0 Å². The molecule has 0 aromatic carbocycles. The molecular weight excluding hydrogens is 278 g/mol. The lowest BCUT2D eigenvalue weighted by atomic mass is 9.67. The molecule has 0 aromatic heterocycles. The molecule has 108 valence electrons. The fourth-order valence-corrected chi connectivity index (χ4v) is 5.40. The molecule has 4 rings (SSSR count). The van der Waals surface area contributed by atoms with Crippen molar-refractivity contribution in [1.29, 1.82) is 0 Å². The molecule has 3 fully saturated rings. The van der Waals surface area contributed by atoms with E-state index in [9.17, 15) is 9.59 Å². The van der Waals surface area contributed by atoms with Gasteiger partial charge in [0.2, 0.25) is 5.91 Å². The molecule has 1 amide bonds. The van der Waals surface area contributed by atoms with Gasteiger partial charge in [-0.25, -0.2) is 0 Å². The van der Waals surface area contributed by atoms with Crippen molar-refractivity contribution in [2.45, 2.75) is 36.3 Å². The fraction of sp³-hybridized carbons (Fsp3) is 0.714. The summed E-state index contributed by atoms with van der Waals surface area (Å²) in [6.45, 7) is 0.666. The van der Waals surface area contributed by atoms with Crippen LogP contribution in [0.1, 0.15) is 25.7 Å². The highest BCUT2D eigenvalue weighted by Gasteiger charge is 2.80. The normalized spacial score (nSPS) is 44.6. The molecule has 4 heterocycles. The molecule has 4 aliphatic rings. The van der Waals surface area contributed by atoms with E-state index in [4.69, 9.17) is 9.47 Å². The van der Waals surface area contributed by atoms with Gasteiger partial charge in [-0.2, -0.15) is 0 Å². The number of amides is 1. The number of ether oxygens (including phenoxy) is 2. The monoisotopic (exact) mass is 295 g/mol. The van der Waals surface area contributed by atoms with E-state index in [0.717, 1.165) is 18.4 Å². The van der Waals surface area contributed by atoms with Crippen molar-refractivity contribution in [1.82, 2.24) is 4.90 Å². The van der Waals surface area contributed by atoms with Crippen LogP contribution in [0.4, 0.5) is 0 Å². The second-order valence-corrected chi connectivity index (χ2v) is 7.11. The number of hydrogen-bond donors (Lipinski definition) is 0. The number of rotatable bonds is 2. The molecule has 0 saturated carbocycles. The number of methoxy groups -OCH3 is 1. The second-order valence-electron chi connectivity index (χ2n) is 6.01. The van der Waals surface area contributed by atoms with Crippen LogP contribution in [0, 0.1) is 5.41 Å². The Bertz CT molecular complexity index is 561. The van der Waals surface area contributed by atoms with Gasteiger partial charge in [-0.3, -0.25) is 9.59 Å². The number of esters is 1. The molecule has 5 nitrogen and oxygen atoms in total. The predicted octanol–water partition coefficient (Wildman–Crippen LogP) is 1.29. The summed E-state index contributed by atoms with van der Waals surface area (Å²) in [6.07, 6.45) is 6.70. The van der Waals surface area contributed by atoms with Crippen LogP contribution in [0.25, 0.3) is 0 Å². The first-order valence-corrected chi connectivity index (χ1v) is 8.12. The van der Waals surface area contributed by atoms with Crippen LogP contribution in [0.5, 0.6) is 0 Å². The topological polar surface area (TPSA) is 55.8 Å². The molecule has 0 N–H and O–H groups in total. The number of hydrogen-bond acceptors (Lipinski definition) is 5. The van der Waals surface area contributed by atoms with E-state index < -0.39 is 16.1 Å². The Kier molecular flexibility index (Phi) is 2.29. The standard InChI is InChI=1S/C14H17NO4S/c1-18-11(17)12-7-10(16)15-5-3-4-9-6-13(8-12,20-2)19-14(9,12)15/h6H,3-5,7-8H2,1-2H3/t12-,13+,14+/m0/s1. The van der Waals surface area contributed by atoms with E-state index in [0.29, 0.717) is 13.0 Å². The molecule has 0 aromatic rings. The quantitative estimate of drug-likeness (QED) is 0.567. The lowest BCUT2D eigenvalue weighted by Crippen LogP contribution is -2.58. The maximum absolute atomic E-state index is 12.5. The first-order chi connectivity index (χ1) is 9.53. The minimum Gasteiger partial charge on any atom is -0.468 e. The highest BCUT2D eigenvalue weighted by molar-refractivity contribution is 8.00. The summed E-state index contributed by atoms with van der Waals surface area (Å²) in [5, 5.41) is 0. The van der Waals surface area contributed by atoms with Crippen LogP contribution in [0.15, 0.2) is 11.6 Å². The van der Waals surface area contributed by atoms with Crippen LogP contribution in [0.3, 0.4) is 0 Å². The van der Waals surface area contributed by atoms with Gasteiger partial charge in [0.1, 0.15) is 10.3 Å². The molecule has 3 atom stereocenters. The maximum Gasteiger partial charge on any atom is 0.317 e. The van der Waals surface area contributed by atoms with Crippen molar-refractivity contribution in [3.05, 3.63) is 11.6 Å². The van der Waals surface area contributed by atoms with Crippen molar-refractivity contribution in [3.8, 4) is 0 Å². The third-order valence-electron chi connectivity index (χ3n) is 5.23. The molecule has 0 aliphatic carbocycles. The van der Waals surface area contributed by atoms with Gasteiger partial charge in [0.05, 0.1) is 7.11 Å². The average molecular weight is 295 g/mol. The van der Waals surface area contributed by atoms with Crippen molar-refractivity contribution in [3.63, 3.8) is 0 Å². The minimum absolute atomic E-state index is 0.0117. The zero-order chi connectivity index (χ0) is 14.2. The van der Waals surface area contributed by atoms with E-state index in [1.54, 1.807) is 16.7 Å². The van der Waals surface area contributed by atoms with E-state index in [-0.39, 0.29) is 18.3 Å². The van der Waals surface area contributed by atoms with E-state index in [2.05, 4.69) is 6.08 Å². The molecule has 1 spiro atoms. The Morgan fingerprint density at radius 3 is 3.05 bits per heavy atom. The second kappa shape index (κ2) is 3.60. The number of carbonyl (C=O) groups excluding carboxylic acids is 2. The molecule has 0 unspecified atom stereocenters. The smallest absolute Gasteiger partial charge is 0.317 e. The summed E-state index contributed by atoms with van der Waals surface area (Å²) in [5.41, 5.74) is -0.620. The lowest BCUT2D eigenvalue weighted by Gasteiger charge is -2.45. The van der Waals surface area contributed by atoms with Gasteiger partial charge in [0.25, 0.3) is 0 Å². The first-order valence-electron chi connectivity index (χ1n) is 6.90. The molecule has 0 radical (unpaired) electrons. The molecule has 20 heavy (non-hydrogen) atoms. The summed E-state index contributed by atoms with van der Waals surface area (Å²) in [6, 6.07) is 0. The van der Waals surface area contributed by atoms with Crippen molar-refractivity contribution in [2.24, 2.45) is 5.41 Å². The number of piperidine rings is 1. The Labute approximate surface area is 121 Å². The van der Waals surface area contributed by atoms with Gasteiger partial charge in [0.15, 0.2) is 5.72 Å². The van der Waals surface area contributed by atoms with Crippen LogP contribution in [-0.2, 0) is 19.1 Å². The fourth-order valence-electron chi connectivity index (χ4n) is 4.54. The SMILES string of the molecule is COC(=O)[C@]12CC(=O)N3CCCC4=C[C@@](SC)(C1)O[C@@]432. The van der Waals surface area contributed by atoms with Crippen molar-refractivity contribution in [2.75, 3.05) is 19.9 Å². The maximum atomic E-state index is 12.5. The van der Waals surface area contributed by atoms with Gasteiger partial charge in [0, 0.05) is 19.4 Å². The van der Waals surface area contributed by atoms with Crippen LogP contribution in [0.2, 0.25) is 0 Å². The summed E-state index contributed by atoms with van der Waals surface area (Å²) >= 11 is 1.61. The summed E-state index contributed by atoms with van der Waals surface area (Å²) in [5.74, 6) is -0.297. The highest BCUT2D eigenvalue weighted by Crippen LogP contribution is 2.70. The zero-order valence-corrected chi connectivity index (χ0v) is 12.4. The molecule has 6 heteroatoms. The Morgan fingerprint density at radius 1 is 1.55 bits per heavy atom. The third-order valence-corrected chi connectivity index (χ3v) is 6.27. The molecule has 4 aliphatic heterocycles. The molecular formula is C14H17NO4S. The summed E-state index contributed by atoms with van der Waals surface area (Å²) < 4.78 is 11.4. The van der Waals surface area contributed by atoms with Gasteiger partial charge in [-0.05, 0) is 30.7 Å². The zero-order valence-electron chi connectivity index (χ0n) is 11.6. The van der Waals surface area contributed by atoms with Crippen LogP contribution in [-0.4, -0.2) is 47.3 Å². The predicted molar refractivity (Wildman–Crippen MR) is 72.8 cm³/mol. The Balaban J connectivity index is 1.95. The average Bonchev–Trinajstić information content (AvgIpc) is 3.01. The summed E-state index contributed by atoms with van der Waals surface area (Å²) in [4.78, 5) is 26.2. The number of carbonyl (C=O) groups is 2. The van der Waals surface area contributed by atoms with Gasteiger partial charge in [-0.15, -0.1) is 11.8 Å². The largest absolute Gasteiger partial charge is 0.468 e. The molecule has 2 bridgehead atoms. The number of thioether (sulfide) groups is 1. The van der Waals surface area contributed by atoms with Gasteiger partial charge < -0.3 is 14.4 Å². The van der Waals surface area contributed by atoms with E-state index in [1.165, 1.54) is 7.11 Å². The van der Waals surface area contributed by atoms with Crippen molar-refractivity contribution >= 4 is 23.6 Å². The number of nitrogens with zero attached hydrogens (tertiary/aromatic N) is 1. The molecule has 3 saturated heterocycles. The highest BCUT2D eigenvalue weighted by atomic mass is 32.2. The first kappa shape index (κ1) is 12.7.